The van der Waals surface area contributed by atoms with Gasteiger partial charge in [0.15, 0.2) is 5.11 Å². The first-order valence-electron chi connectivity index (χ1n) is 10.7. The molecule has 5 nitrogen and oxygen atoms in total. The number of phenols is 1. The van der Waals surface area contributed by atoms with Crippen LogP contribution in [-0.4, -0.2) is 19.8 Å². The van der Waals surface area contributed by atoms with Gasteiger partial charge in [-0.2, -0.15) is 0 Å². The fraction of sp³-hybridized carbons (Fsp3) is 0.154. The summed E-state index contributed by atoms with van der Waals surface area (Å²) < 4.78 is 3.28. The zero-order valence-electron chi connectivity index (χ0n) is 18.2. The van der Waals surface area contributed by atoms with E-state index in [1.807, 2.05) is 53.4 Å². The first kappa shape index (κ1) is 21.7. The van der Waals surface area contributed by atoms with Crippen molar-refractivity contribution in [1.29, 1.82) is 0 Å². The number of nitrogens with zero attached hydrogens (tertiary/aromatic N) is 3. The number of pyridine rings is 1. The van der Waals surface area contributed by atoms with Gasteiger partial charge in [0.05, 0.1) is 23.5 Å². The zero-order valence-corrected chi connectivity index (χ0v) is 20.6. The van der Waals surface area contributed by atoms with Crippen LogP contribution in [0, 0.1) is 13.8 Å². The van der Waals surface area contributed by atoms with Crippen molar-refractivity contribution in [2.45, 2.75) is 25.9 Å². The maximum Gasteiger partial charge on any atom is 0.174 e. The van der Waals surface area contributed by atoms with Crippen molar-refractivity contribution in [3.8, 4) is 11.4 Å². The van der Waals surface area contributed by atoms with Crippen LogP contribution in [0.5, 0.6) is 5.75 Å². The Morgan fingerprint density at radius 1 is 1.00 bits per heavy atom. The molecule has 0 bridgehead atoms. The molecule has 166 valence electrons. The van der Waals surface area contributed by atoms with Crippen molar-refractivity contribution in [3.05, 3.63) is 106 Å². The van der Waals surface area contributed by atoms with Gasteiger partial charge < -0.3 is 19.9 Å². The van der Waals surface area contributed by atoms with E-state index >= 15 is 0 Å². The van der Waals surface area contributed by atoms with E-state index in [9.17, 15) is 5.11 Å². The van der Waals surface area contributed by atoms with E-state index in [1.54, 1.807) is 12.3 Å². The van der Waals surface area contributed by atoms with E-state index < -0.39 is 0 Å². The number of halogens is 1. The topological polar surface area (TPSA) is 53.3 Å². The summed E-state index contributed by atoms with van der Waals surface area (Å²) in [6.45, 7) is 4.24. The number of aromatic nitrogens is 2. The van der Waals surface area contributed by atoms with E-state index in [0.29, 0.717) is 10.8 Å². The molecule has 2 aromatic heterocycles. The number of thiocarbonyl (C=S) groups is 1. The quantitative estimate of drug-likeness (QED) is 0.318. The Balaban J connectivity index is 1.70. The lowest BCUT2D eigenvalue weighted by atomic mass is 9.96. The third kappa shape index (κ3) is 3.81. The van der Waals surface area contributed by atoms with Crippen LogP contribution >= 0.6 is 28.1 Å². The van der Waals surface area contributed by atoms with Gasteiger partial charge in [0.2, 0.25) is 0 Å². The summed E-state index contributed by atoms with van der Waals surface area (Å²) in [7, 11) is 0. The number of phenolic OH excluding ortho intramolecular Hbond substituents is 1. The van der Waals surface area contributed by atoms with E-state index in [4.69, 9.17) is 12.2 Å². The van der Waals surface area contributed by atoms with Gasteiger partial charge in [-0.05, 0) is 80.2 Å². The molecule has 4 aromatic rings. The highest BCUT2D eigenvalue weighted by atomic mass is 79.9. The molecule has 0 spiro atoms. The van der Waals surface area contributed by atoms with Gasteiger partial charge in [-0.3, -0.25) is 4.98 Å². The van der Waals surface area contributed by atoms with Gasteiger partial charge in [0.25, 0.3) is 0 Å². The van der Waals surface area contributed by atoms with Crippen LogP contribution in [0.15, 0.2) is 83.5 Å². The number of nitrogens with one attached hydrogen (secondary N) is 1. The standard InChI is InChI=1S/C26H23BrN4OS/c1-16-14-20(17(2)30(16)19-9-7-8-18(27)15-19)25-24(21-10-5-6-13-28-21)29-26(33)31(25)22-11-3-4-12-23(22)32/h3-15,24-25,32H,1-2H3,(H,29,33). The number of rotatable bonds is 4. The average molecular weight is 519 g/mol. The molecule has 5 rings (SSSR count). The molecule has 0 radical (unpaired) electrons. The number of aryl methyl sites for hydroxylation is 1. The Hall–Kier alpha value is -3.16. The molecule has 1 aliphatic rings. The van der Waals surface area contributed by atoms with Gasteiger partial charge in [0.1, 0.15) is 5.75 Å². The number of para-hydroxylation sites is 2. The van der Waals surface area contributed by atoms with Crippen LogP contribution in [0.2, 0.25) is 0 Å². The fourth-order valence-corrected chi connectivity index (χ4v) is 5.42. The summed E-state index contributed by atoms with van der Waals surface area (Å²) in [5.41, 5.74) is 6.01. The van der Waals surface area contributed by atoms with Crippen molar-refractivity contribution in [3.63, 3.8) is 0 Å². The minimum absolute atomic E-state index is 0.172. The summed E-state index contributed by atoms with van der Waals surface area (Å²) in [5, 5.41) is 14.7. The van der Waals surface area contributed by atoms with E-state index in [1.165, 1.54) is 0 Å². The Morgan fingerprint density at radius 2 is 1.79 bits per heavy atom. The number of anilines is 1. The van der Waals surface area contributed by atoms with Crippen molar-refractivity contribution in [2.75, 3.05) is 4.90 Å². The van der Waals surface area contributed by atoms with E-state index in [0.717, 1.165) is 32.8 Å². The molecule has 2 atom stereocenters. The van der Waals surface area contributed by atoms with E-state index in [2.05, 4.69) is 62.8 Å². The molecule has 1 saturated heterocycles. The third-order valence-corrected chi connectivity index (χ3v) is 6.90. The highest BCUT2D eigenvalue weighted by Gasteiger charge is 2.43. The number of aromatic hydroxyl groups is 1. The van der Waals surface area contributed by atoms with Crippen molar-refractivity contribution < 1.29 is 5.11 Å². The smallest absolute Gasteiger partial charge is 0.174 e. The lowest BCUT2D eigenvalue weighted by molar-refractivity contribution is 0.472. The summed E-state index contributed by atoms with van der Waals surface area (Å²) >= 11 is 9.39. The number of benzene rings is 2. The Bertz CT molecular complexity index is 1340. The molecule has 0 amide bonds. The highest BCUT2D eigenvalue weighted by Crippen LogP contribution is 2.45. The summed E-state index contributed by atoms with van der Waals surface area (Å²) in [6.07, 6.45) is 1.80. The SMILES string of the molecule is Cc1cc(C2C(c3ccccn3)NC(=S)N2c2ccccc2O)c(C)n1-c1cccc(Br)c1. The van der Waals surface area contributed by atoms with Crippen molar-refractivity contribution in [2.24, 2.45) is 0 Å². The first-order chi connectivity index (χ1) is 16.0. The van der Waals surface area contributed by atoms with Gasteiger partial charge >= 0.3 is 0 Å². The van der Waals surface area contributed by atoms with Crippen molar-refractivity contribution >= 4 is 38.9 Å². The molecule has 0 saturated carbocycles. The van der Waals surface area contributed by atoms with E-state index in [-0.39, 0.29) is 17.8 Å². The minimum atomic E-state index is -0.187. The minimum Gasteiger partial charge on any atom is -0.506 e. The van der Waals surface area contributed by atoms with Crippen LogP contribution in [-0.2, 0) is 0 Å². The highest BCUT2D eigenvalue weighted by molar-refractivity contribution is 9.10. The van der Waals surface area contributed by atoms with Crippen LogP contribution < -0.4 is 10.2 Å². The predicted octanol–water partition coefficient (Wildman–Crippen LogP) is 6.13. The molecule has 2 unspecified atom stereocenters. The molecule has 2 aromatic carbocycles. The van der Waals surface area contributed by atoms with Crippen LogP contribution in [0.1, 0.15) is 34.7 Å². The molecule has 0 aliphatic carbocycles. The molecular formula is C26H23BrN4OS. The number of hydrogen-bond acceptors (Lipinski definition) is 3. The zero-order chi connectivity index (χ0) is 23.1. The molecule has 33 heavy (non-hydrogen) atoms. The summed E-state index contributed by atoms with van der Waals surface area (Å²) in [4.78, 5) is 6.64. The second kappa shape index (κ2) is 8.65. The molecule has 1 fully saturated rings. The second-order valence-electron chi connectivity index (χ2n) is 8.13. The molecule has 7 heteroatoms. The first-order valence-corrected chi connectivity index (χ1v) is 11.9. The maximum absolute atomic E-state index is 10.7. The summed E-state index contributed by atoms with van der Waals surface area (Å²) in [5.74, 6) is 0.189. The normalized spacial score (nSPS) is 17.9. The second-order valence-corrected chi connectivity index (χ2v) is 9.43. The Kier molecular flexibility index (Phi) is 5.68. The Labute approximate surface area is 206 Å². The maximum atomic E-state index is 10.7. The number of hydrogen-bond donors (Lipinski definition) is 2. The largest absolute Gasteiger partial charge is 0.506 e. The predicted molar refractivity (Wildman–Crippen MR) is 139 cm³/mol. The van der Waals surface area contributed by atoms with Crippen LogP contribution in [0.4, 0.5) is 5.69 Å². The molecule has 3 heterocycles. The van der Waals surface area contributed by atoms with Gasteiger partial charge in [0, 0.05) is 27.7 Å². The molecule has 2 N–H and O–H groups in total. The summed E-state index contributed by atoms with van der Waals surface area (Å²) in [6, 6.07) is 23.3. The lowest BCUT2D eigenvalue weighted by Crippen LogP contribution is -2.29. The van der Waals surface area contributed by atoms with Gasteiger partial charge in [-0.25, -0.2) is 0 Å². The monoisotopic (exact) mass is 518 g/mol. The van der Waals surface area contributed by atoms with Crippen LogP contribution in [0.25, 0.3) is 5.69 Å². The Morgan fingerprint density at radius 3 is 2.52 bits per heavy atom. The van der Waals surface area contributed by atoms with Crippen molar-refractivity contribution in [1.82, 2.24) is 14.9 Å². The third-order valence-electron chi connectivity index (χ3n) is 6.09. The molecular weight excluding hydrogens is 496 g/mol. The lowest BCUT2D eigenvalue weighted by Gasteiger charge is -2.28. The van der Waals surface area contributed by atoms with Crippen LogP contribution in [0.3, 0.4) is 0 Å². The van der Waals surface area contributed by atoms with Gasteiger partial charge in [-0.15, -0.1) is 0 Å². The molecule has 1 aliphatic heterocycles. The average Bonchev–Trinajstić information content (AvgIpc) is 3.30. The fourth-order valence-electron chi connectivity index (χ4n) is 4.70. The van der Waals surface area contributed by atoms with Gasteiger partial charge in [-0.1, -0.05) is 40.2 Å².